The Morgan fingerprint density at radius 2 is 1.19 bits per heavy atom. The average molecular weight is 356 g/mol. The van der Waals surface area contributed by atoms with E-state index in [2.05, 4.69) is 64.4 Å². The number of fused-ring (bicyclic) bond motifs is 2. The molecule has 4 aromatic carbocycles. The summed E-state index contributed by atoms with van der Waals surface area (Å²) in [5.41, 5.74) is 4.19. The number of aromatic hydroxyl groups is 1. The fourth-order valence-corrected chi connectivity index (χ4v) is 3.61. The second-order valence-electron chi connectivity index (χ2n) is 7.36. The van der Waals surface area contributed by atoms with Crippen molar-refractivity contribution in [2.75, 3.05) is 38.0 Å². The maximum atomic E-state index is 10.8. The Kier molecular flexibility index (Phi) is 4.15. The van der Waals surface area contributed by atoms with Crippen LogP contribution in [-0.2, 0) is 0 Å². The first-order chi connectivity index (χ1) is 13.0. The largest absolute Gasteiger partial charge is 0.507 e. The number of benzene rings is 4. The van der Waals surface area contributed by atoms with E-state index < -0.39 is 0 Å². The third-order valence-electron chi connectivity index (χ3n) is 5.15. The third-order valence-corrected chi connectivity index (χ3v) is 5.15. The Hall–Kier alpha value is -3.20. The van der Waals surface area contributed by atoms with Gasteiger partial charge in [0.1, 0.15) is 5.75 Å². The van der Waals surface area contributed by atoms with Crippen molar-refractivity contribution in [3.8, 4) is 16.9 Å². The number of phenols is 1. The molecular formula is C24H24N2O. The van der Waals surface area contributed by atoms with E-state index in [0.29, 0.717) is 5.75 Å². The van der Waals surface area contributed by atoms with Gasteiger partial charge in [-0.15, -0.1) is 0 Å². The molecule has 0 saturated carbocycles. The van der Waals surface area contributed by atoms with Crippen molar-refractivity contribution in [3.05, 3.63) is 66.7 Å². The van der Waals surface area contributed by atoms with Crippen LogP contribution in [0.1, 0.15) is 0 Å². The molecule has 3 nitrogen and oxygen atoms in total. The van der Waals surface area contributed by atoms with Crippen molar-refractivity contribution in [1.82, 2.24) is 0 Å². The predicted octanol–water partition coefficient (Wildman–Crippen LogP) is 5.50. The minimum absolute atomic E-state index is 0.307. The summed E-state index contributed by atoms with van der Waals surface area (Å²) in [6, 6.07) is 22.9. The minimum Gasteiger partial charge on any atom is -0.507 e. The van der Waals surface area contributed by atoms with Crippen molar-refractivity contribution in [1.29, 1.82) is 0 Å². The van der Waals surface area contributed by atoms with Crippen molar-refractivity contribution in [3.63, 3.8) is 0 Å². The van der Waals surface area contributed by atoms with Gasteiger partial charge in [0, 0.05) is 45.1 Å². The minimum atomic E-state index is 0.307. The van der Waals surface area contributed by atoms with Gasteiger partial charge in [-0.1, -0.05) is 36.4 Å². The fourth-order valence-electron chi connectivity index (χ4n) is 3.61. The first-order valence-corrected chi connectivity index (χ1v) is 9.09. The average Bonchev–Trinajstić information content (AvgIpc) is 2.66. The van der Waals surface area contributed by atoms with Gasteiger partial charge >= 0.3 is 0 Å². The standard InChI is InChI=1S/C24H24N2O/c1-25(2)18-11-8-16-6-5-7-20(21(16)14-18)24-22-15-19(26(3)4)12-9-17(22)10-13-23(24)27/h5-15,27H,1-4H3. The molecule has 0 spiro atoms. The molecule has 0 bridgehead atoms. The molecule has 0 aromatic heterocycles. The van der Waals surface area contributed by atoms with Crippen LogP contribution in [0.3, 0.4) is 0 Å². The molecule has 0 atom stereocenters. The highest BCUT2D eigenvalue weighted by Gasteiger charge is 2.14. The highest BCUT2D eigenvalue weighted by Crippen LogP contribution is 2.41. The monoisotopic (exact) mass is 356 g/mol. The van der Waals surface area contributed by atoms with Gasteiger partial charge in [-0.05, 0) is 57.4 Å². The molecule has 0 aliphatic carbocycles. The molecule has 0 saturated heterocycles. The van der Waals surface area contributed by atoms with E-state index in [1.807, 2.05) is 34.3 Å². The first kappa shape index (κ1) is 17.2. The highest BCUT2D eigenvalue weighted by molar-refractivity contribution is 6.08. The van der Waals surface area contributed by atoms with Gasteiger partial charge in [0.15, 0.2) is 0 Å². The molecule has 0 amide bonds. The number of nitrogens with zero attached hydrogens (tertiary/aromatic N) is 2. The molecule has 136 valence electrons. The van der Waals surface area contributed by atoms with E-state index in [4.69, 9.17) is 0 Å². The second-order valence-corrected chi connectivity index (χ2v) is 7.36. The van der Waals surface area contributed by atoms with E-state index >= 15 is 0 Å². The van der Waals surface area contributed by atoms with Crippen LogP contribution in [0.15, 0.2) is 66.7 Å². The van der Waals surface area contributed by atoms with Crippen molar-refractivity contribution >= 4 is 32.9 Å². The predicted molar refractivity (Wildman–Crippen MR) is 117 cm³/mol. The lowest BCUT2D eigenvalue weighted by molar-refractivity contribution is 0.478. The van der Waals surface area contributed by atoms with Gasteiger partial charge in [-0.25, -0.2) is 0 Å². The smallest absolute Gasteiger partial charge is 0.124 e. The summed E-state index contributed by atoms with van der Waals surface area (Å²) in [5, 5.41) is 15.3. The molecule has 4 rings (SSSR count). The summed E-state index contributed by atoms with van der Waals surface area (Å²) in [5.74, 6) is 0.307. The zero-order valence-electron chi connectivity index (χ0n) is 16.2. The number of phenolic OH excluding ortho intramolecular Hbond substituents is 1. The van der Waals surface area contributed by atoms with E-state index in [1.54, 1.807) is 6.07 Å². The van der Waals surface area contributed by atoms with Crippen LogP contribution >= 0.6 is 0 Å². The zero-order chi connectivity index (χ0) is 19.1. The number of anilines is 2. The lowest BCUT2D eigenvalue weighted by Crippen LogP contribution is -2.08. The maximum absolute atomic E-state index is 10.8. The Morgan fingerprint density at radius 1 is 0.630 bits per heavy atom. The molecule has 4 aromatic rings. The summed E-state index contributed by atoms with van der Waals surface area (Å²) in [6.07, 6.45) is 0. The van der Waals surface area contributed by atoms with Gasteiger partial charge in [0.2, 0.25) is 0 Å². The maximum Gasteiger partial charge on any atom is 0.124 e. The molecule has 0 fully saturated rings. The van der Waals surface area contributed by atoms with E-state index in [0.717, 1.165) is 38.7 Å². The van der Waals surface area contributed by atoms with Crippen LogP contribution in [-0.4, -0.2) is 33.3 Å². The molecule has 0 unspecified atom stereocenters. The van der Waals surface area contributed by atoms with Gasteiger partial charge < -0.3 is 14.9 Å². The quantitative estimate of drug-likeness (QED) is 0.525. The van der Waals surface area contributed by atoms with Gasteiger partial charge in [-0.3, -0.25) is 0 Å². The highest BCUT2D eigenvalue weighted by atomic mass is 16.3. The summed E-state index contributed by atoms with van der Waals surface area (Å²) in [7, 11) is 8.15. The number of hydrogen-bond acceptors (Lipinski definition) is 3. The molecule has 3 heteroatoms. The molecular weight excluding hydrogens is 332 g/mol. The lowest BCUT2D eigenvalue weighted by Gasteiger charge is -2.18. The van der Waals surface area contributed by atoms with Gasteiger partial charge in [0.25, 0.3) is 0 Å². The van der Waals surface area contributed by atoms with E-state index in [1.165, 1.54) is 5.39 Å². The molecule has 0 heterocycles. The second kappa shape index (κ2) is 6.51. The molecule has 0 radical (unpaired) electrons. The van der Waals surface area contributed by atoms with Gasteiger partial charge in [0.05, 0.1) is 0 Å². The molecule has 1 N–H and O–H groups in total. The van der Waals surface area contributed by atoms with Crippen LogP contribution in [0.2, 0.25) is 0 Å². The van der Waals surface area contributed by atoms with Crippen molar-refractivity contribution in [2.45, 2.75) is 0 Å². The Labute approximate surface area is 160 Å². The molecule has 27 heavy (non-hydrogen) atoms. The van der Waals surface area contributed by atoms with Crippen LogP contribution in [0.25, 0.3) is 32.7 Å². The van der Waals surface area contributed by atoms with Crippen molar-refractivity contribution < 1.29 is 5.11 Å². The molecule has 0 aliphatic heterocycles. The van der Waals surface area contributed by atoms with E-state index in [9.17, 15) is 5.11 Å². The zero-order valence-corrected chi connectivity index (χ0v) is 16.2. The van der Waals surface area contributed by atoms with Gasteiger partial charge in [-0.2, -0.15) is 0 Å². The Morgan fingerprint density at radius 3 is 1.81 bits per heavy atom. The van der Waals surface area contributed by atoms with E-state index in [-0.39, 0.29) is 0 Å². The van der Waals surface area contributed by atoms with Crippen LogP contribution in [0.5, 0.6) is 5.75 Å². The topological polar surface area (TPSA) is 26.7 Å². The number of hydrogen-bond donors (Lipinski definition) is 1. The summed E-state index contributed by atoms with van der Waals surface area (Å²) >= 11 is 0. The SMILES string of the molecule is CN(C)c1ccc2cccc(-c3c(O)ccc4ccc(N(C)C)cc34)c2c1. The fraction of sp³-hybridized carbons (Fsp3) is 0.167. The van der Waals surface area contributed by atoms with Crippen LogP contribution in [0.4, 0.5) is 11.4 Å². The number of rotatable bonds is 3. The summed E-state index contributed by atoms with van der Waals surface area (Å²) in [6.45, 7) is 0. The summed E-state index contributed by atoms with van der Waals surface area (Å²) < 4.78 is 0. The van der Waals surface area contributed by atoms with Crippen molar-refractivity contribution in [2.24, 2.45) is 0 Å². The lowest BCUT2D eigenvalue weighted by atomic mass is 9.92. The molecule has 0 aliphatic rings. The Bertz CT molecular complexity index is 1150. The normalized spacial score (nSPS) is 11.1. The first-order valence-electron chi connectivity index (χ1n) is 9.09. The third kappa shape index (κ3) is 2.95. The van der Waals surface area contributed by atoms with Crippen LogP contribution < -0.4 is 9.80 Å². The van der Waals surface area contributed by atoms with Crippen LogP contribution in [0, 0.1) is 0 Å². The summed E-state index contributed by atoms with van der Waals surface area (Å²) in [4.78, 5) is 4.18. The Balaban J connectivity index is 2.08.